The van der Waals surface area contributed by atoms with Crippen molar-refractivity contribution in [2.75, 3.05) is 0 Å². The van der Waals surface area contributed by atoms with Crippen molar-refractivity contribution in [2.45, 2.75) is 142 Å². The van der Waals surface area contributed by atoms with E-state index in [1.54, 1.807) is 0 Å². The number of hydrogen-bond acceptors (Lipinski definition) is 4. The molecule has 5 aliphatic carbocycles. The molecular formula is C30H50O4. The maximum absolute atomic E-state index is 11.7. The largest absolute Gasteiger partial charge is 0.393 e. The highest BCUT2D eigenvalue weighted by Gasteiger charge is 2.83. The molecule has 0 radical (unpaired) electrons. The van der Waals surface area contributed by atoms with E-state index in [0.29, 0.717) is 22.7 Å². The lowest BCUT2D eigenvalue weighted by molar-refractivity contribution is -0.195. The molecule has 0 bridgehead atoms. The van der Waals surface area contributed by atoms with Gasteiger partial charge >= 0.3 is 0 Å². The van der Waals surface area contributed by atoms with Gasteiger partial charge in [-0.05, 0) is 124 Å². The van der Waals surface area contributed by atoms with Crippen LogP contribution in [0.3, 0.4) is 0 Å². The Morgan fingerprint density at radius 1 is 0.765 bits per heavy atom. The molecule has 11 atom stereocenters. The fraction of sp³-hybridized carbons (Fsp3) is 1.00. The molecule has 4 nitrogen and oxygen atoms in total. The fourth-order valence-corrected chi connectivity index (χ4v) is 12.1. The third kappa shape index (κ3) is 2.60. The van der Waals surface area contributed by atoms with Gasteiger partial charge in [-0.2, -0.15) is 0 Å². The normalized spacial score (nSPS) is 60.2. The Bertz CT molecular complexity index is 878. The Balaban J connectivity index is 1.34. The van der Waals surface area contributed by atoms with Gasteiger partial charge in [0.1, 0.15) is 0 Å². The topological polar surface area (TPSA) is 69.9 Å². The molecule has 0 aromatic carbocycles. The summed E-state index contributed by atoms with van der Waals surface area (Å²) in [5, 5.41) is 33.3. The summed E-state index contributed by atoms with van der Waals surface area (Å²) in [6.45, 7) is 15.6. The molecule has 6 rings (SSSR count). The summed E-state index contributed by atoms with van der Waals surface area (Å²) in [5.74, 6) is 1.42. The van der Waals surface area contributed by atoms with Gasteiger partial charge in [0, 0.05) is 5.92 Å². The minimum atomic E-state index is -0.848. The van der Waals surface area contributed by atoms with Crippen LogP contribution in [0.15, 0.2) is 0 Å². The van der Waals surface area contributed by atoms with Crippen LogP contribution in [-0.4, -0.2) is 44.8 Å². The molecule has 0 unspecified atom stereocenters. The molecule has 0 aromatic rings. The van der Waals surface area contributed by atoms with Gasteiger partial charge in [0.05, 0.1) is 29.5 Å². The molecule has 34 heavy (non-hydrogen) atoms. The summed E-state index contributed by atoms with van der Waals surface area (Å²) in [6, 6.07) is 0. The minimum absolute atomic E-state index is 0.0172. The predicted molar refractivity (Wildman–Crippen MR) is 133 cm³/mol. The van der Waals surface area contributed by atoms with Gasteiger partial charge in [-0.15, -0.1) is 0 Å². The molecule has 0 aromatic heterocycles. The van der Waals surface area contributed by atoms with Crippen LogP contribution >= 0.6 is 0 Å². The zero-order valence-electron chi connectivity index (χ0n) is 22.8. The zero-order chi connectivity index (χ0) is 24.7. The molecule has 6 aliphatic rings. The molecule has 4 heteroatoms. The quantitative estimate of drug-likeness (QED) is 0.497. The van der Waals surface area contributed by atoms with Crippen molar-refractivity contribution >= 4 is 0 Å². The SMILES string of the molecule is CC(C)(O)[C@@H]1CC[C@@](C)([C@H]2[C@@H](O)C[C@@]3(C)[C@H]4CC[C@@H]5C(C)(C)[C@@H](O)CC[C@@]56C[C@@]46CC[C@]23C)O1. The Morgan fingerprint density at radius 2 is 1.41 bits per heavy atom. The molecule has 3 N–H and O–H groups in total. The van der Waals surface area contributed by atoms with E-state index in [4.69, 9.17) is 4.74 Å². The Hall–Kier alpha value is -0.160. The summed E-state index contributed by atoms with van der Waals surface area (Å²) >= 11 is 0. The lowest BCUT2D eigenvalue weighted by Gasteiger charge is -2.63. The molecule has 5 saturated carbocycles. The summed E-state index contributed by atoms with van der Waals surface area (Å²) in [7, 11) is 0. The molecule has 1 saturated heterocycles. The van der Waals surface area contributed by atoms with Crippen molar-refractivity contribution in [1.82, 2.24) is 0 Å². The van der Waals surface area contributed by atoms with E-state index in [1.165, 1.54) is 38.5 Å². The first-order valence-electron chi connectivity index (χ1n) is 14.3. The van der Waals surface area contributed by atoms with Gasteiger partial charge < -0.3 is 20.1 Å². The van der Waals surface area contributed by atoms with Gasteiger partial charge in [0.25, 0.3) is 0 Å². The number of ether oxygens (including phenoxy) is 1. The molecule has 194 valence electrons. The average molecular weight is 475 g/mol. The molecule has 2 spiro atoms. The summed E-state index contributed by atoms with van der Waals surface area (Å²) in [6.07, 6.45) is 10.5. The predicted octanol–water partition coefficient (Wildman–Crippen LogP) is 5.47. The first kappa shape index (κ1) is 24.2. The van der Waals surface area contributed by atoms with Gasteiger partial charge in [-0.3, -0.25) is 0 Å². The Morgan fingerprint density at radius 3 is 2.06 bits per heavy atom. The summed E-state index contributed by atoms with van der Waals surface area (Å²) in [5.41, 5.74) is -0.205. The van der Waals surface area contributed by atoms with Gasteiger partial charge in [-0.1, -0.05) is 27.7 Å². The molecule has 0 amide bonds. The number of fused-ring (bicyclic) bond motifs is 2. The van der Waals surface area contributed by atoms with Crippen LogP contribution in [0.1, 0.15) is 113 Å². The highest BCUT2D eigenvalue weighted by atomic mass is 16.5. The van der Waals surface area contributed by atoms with Crippen molar-refractivity contribution in [1.29, 1.82) is 0 Å². The minimum Gasteiger partial charge on any atom is -0.393 e. The van der Waals surface area contributed by atoms with E-state index in [9.17, 15) is 15.3 Å². The van der Waals surface area contributed by atoms with Crippen molar-refractivity contribution in [3.63, 3.8) is 0 Å². The smallest absolute Gasteiger partial charge is 0.0865 e. The van der Waals surface area contributed by atoms with Crippen molar-refractivity contribution in [2.24, 2.45) is 44.8 Å². The van der Waals surface area contributed by atoms with Crippen molar-refractivity contribution in [3.8, 4) is 0 Å². The van der Waals surface area contributed by atoms with Crippen LogP contribution in [0.2, 0.25) is 0 Å². The van der Waals surface area contributed by atoms with Crippen LogP contribution in [0.25, 0.3) is 0 Å². The number of aliphatic hydroxyl groups excluding tert-OH is 2. The van der Waals surface area contributed by atoms with Crippen LogP contribution in [0.4, 0.5) is 0 Å². The highest BCUT2D eigenvalue weighted by Crippen LogP contribution is 2.89. The number of hydrogen-bond donors (Lipinski definition) is 3. The van der Waals surface area contributed by atoms with Gasteiger partial charge in [0.15, 0.2) is 0 Å². The lowest BCUT2D eigenvalue weighted by Crippen LogP contribution is -2.59. The molecule has 6 fully saturated rings. The third-order valence-electron chi connectivity index (χ3n) is 13.8. The van der Waals surface area contributed by atoms with E-state index < -0.39 is 5.60 Å². The molecule has 1 heterocycles. The summed E-state index contributed by atoms with van der Waals surface area (Å²) in [4.78, 5) is 0. The standard InChI is InChI=1S/C30H50O4/c1-24(2)19-8-9-20-27(6)16-18(31)23(28(7)12-11-22(34-28)25(3,4)33)26(27,5)14-15-30(20)17-29(19,30)13-10-21(24)32/h18-23,31-33H,8-17H2,1-7H3/t18-,19+,20+,21-,22-,23-,26+,27-,28-,29+,30-/m0/s1. The fourth-order valence-electron chi connectivity index (χ4n) is 12.1. The van der Waals surface area contributed by atoms with E-state index in [0.717, 1.165) is 25.7 Å². The second kappa shape index (κ2) is 6.63. The van der Waals surface area contributed by atoms with E-state index in [-0.39, 0.29) is 46.1 Å². The van der Waals surface area contributed by atoms with Crippen LogP contribution in [0.5, 0.6) is 0 Å². The maximum Gasteiger partial charge on any atom is 0.0865 e. The lowest BCUT2D eigenvalue weighted by atomic mass is 9.41. The third-order valence-corrected chi connectivity index (χ3v) is 13.8. The maximum atomic E-state index is 11.7. The first-order valence-corrected chi connectivity index (χ1v) is 14.3. The second-order valence-electron chi connectivity index (χ2n) is 15.7. The van der Waals surface area contributed by atoms with Crippen molar-refractivity contribution < 1.29 is 20.1 Å². The summed E-state index contributed by atoms with van der Waals surface area (Å²) < 4.78 is 6.68. The van der Waals surface area contributed by atoms with Crippen LogP contribution in [0, 0.1) is 44.8 Å². The second-order valence-corrected chi connectivity index (χ2v) is 15.7. The average Bonchev–Trinajstić information content (AvgIpc) is 3.11. The van der Waals surface area contributed by atoms with Crippen molar-refractivity contribution in [3.05, 3.63) is 0 Å². The van der Waals surface area contributed by atoms with Gasteiger partial charge in [0.2, 0.25) is 0 Å². The van der Waals surface area contributed by atoms with Crippen LogP contribution < -0.4 is 0 Å². The Kier molecular flexibility index (Phi) is 4.72. The number of aliphatic hydroxyl groups is 3. The zero-order valence-corrected chi connectivity index (χ0v) is 22.8. The van der Waals surface area contributed by atoms with E-state index in [1.807, 2.05) is 13.8 Å². The monoisotopic (exact) mass is 474 g/mol. The molecular weight excluding hydrogens is 424 g/mol. The van der Waals surface area contributed by atoms with E-state index in [2.05, 4.69) is 34.6 Å². The van der Waals surface area contributed by atoms with E-state index >= 15 is 0 Å². The first-order chi connectivity index (χ1) is 15.6. The van der Waals surface area contributed by atoms with Crippen LogP contribution in [-0.2, 0) is 4.74 Å². The molecule has 1 aliphatic heterocycles. The Labute approximate surface area is 207 Å². The van der Waals surface area contributed by atoms with Gasteiger partial charge in [-0.25, -0.2) is 0 Å². The highest BCUT2D eigenvalue weighted by molar-refractivity contribution is 5.31. The number of rotatable bonds is 2.